The number of ketones is 1. The quantitative estimate of drug-likeness (QED) is 0.756. The molecule has 0 aliphatic heterocycles. The van der Waals surface area contributed by atoms with E-state index in [-0.39, 0.29) is 23.7 Å². The molecule has 4 aliphatic carbocycles. The Kier molecular flexibility index (Phi) is 5.39. The van der Waals surface area contributed by atoms with Gasteiger partial charge in [0.1, 0.15) is 12.4 Å². The molecular formula is C26H38N2O3. The van der Waals surface area contributed by atoms with Gasteiger partial charge >= 0.3 is 0 Å². The lowest BCUT2D eigenvalue weighted by Gasteiger charge is -2.57. The second-order valence-corrected chi connectivity index (χ2v) is 11.7. The number of Topliss-reactive ketones (excluding diaryl/α,β-unsaturated/α-hetero) is 1. The van der Waals surface area contributed by atoms with Crippen LogP contribution in [0.5, 0.6) is 5.75 Å². The highest BCUT2D eigenvalue weighted by Crippen LogP contribution is 2.66. The van der Waals surface area contributed by atoms with E-state index in [0.29, 0.717) is 23.5 Å². The topological polar surface area (TPSA) is 72.3 Å². The summed E-state index contributed by atoms with van der Waals surface area (Å²) >= 11 is 0. The fraction of sp³-hybridized carbons (Fsp3) is 0.808. The van der Waals surface area contributed by atoms with Gasteiger partial charge < -0.3 is 9.84 Å². The van der Waals surface area contributed by atoms with Gasteiger partial charge in [-0.1, -0.05) is 13.8 Å². The minimum atomic E-state index is -0.459. The Hall–Kier alpha value is -1.49. The summed E-state index contributed by atoms with van der Waals surface area (Å²) in [7, 11) is 0. The largest absolute Gasteiger partial charge is 0.484 e. The van der Waals surface area contributed by atoms with Gasteiger partial charge in [-0.3, -0.25) is 4.79 Å². The molecule has 1 heterocycles. The van der Waals surface area contributed by atoms with Crippen LogP contribution in [0.3, 0.4) is 0 Å². The van der Waals surface area contributed by atoms with Crippen molar-refractivity contribution in [2.75, 3.05) is 6.61 Å². The van der Waals surface area contributed by atoms with Gasteiger partial charge in [-0.2, -0.15) is 10.2 Å². The number of ether oxygens (including phenoxy) is 1. The van der Waals surface area contributed by atoms with Crippen molar-refractivity contribution in [1.29, 1.82) is 0 Å². The van der Waals surface area contributed by atoms with Crippen LogP contribution < -0.4 is 4.74 Å². The Morgan fingerprint density at radius 2 is 1.94 bits per heavy atom. The highest BCUT2D eigenvalue weighted by atomic mass is 16.5. The fourth-order valence-corrected chi connectivity index (χ4v) is 8.74. The molecular weight excluding hydrogens is 388 g/mol. The van der Waals surface area contributed by atoms with E-state index < -0.39 is 5.60 Å². The van der Waals surface area contributed by atoms with Crippen LogP contribution in [0.2, 0.25) is 0 Å². The Labute approximate surface area is 186 Å². The zero-order chi connectivity index (χ0) is 21.8. The summed E-state index contributed by atoms with van der Waals surface area (Å²) in [6.45, 7) is 6.97. The minimum Gasteiger partial charge on any atom is -0.484 e. The van der Waals surface area contributed by atoms with Crippen molar-refractivity contribution in [1.82, 2.24) is 10.2 Å². The molecule has 4 aliphatic rings. The standard InChI is InChI=1S/C26H38N2O3/c1-16-12-22(23(29)15-31-18-8-11-27-28-14-18)26(3)10-7-20-19-6-9-25(2,30)13-17(19)4-5-21(20)24(16)26/h8,11,14,16-17,19-22,24,30H,4-7,9-10,12-13,15H2,1-3H3/t16-,17-,19+,20-,21-,22-,24+,25-,26-/m1/s1. The summed E-state index contributed by atoms with van der Waals surface area (Å²) in [4.78, 5) is 13.3. The number of carbonyl (C=O) groups is 1. The highest BCUT2D eigenvalue weighted by Gasteiger charge is 2.61. The smallest absolute Gasteiger partial charge is 0.173 e. The van der Waals surface area contributed by atoms with Crippen LogP contribution in [-0.2, 0) is 4.79 Å². The third kappa shape index (κ3) is 3.71. The molecule has 1 aromatic rings. The number of hydrogen-bond acceptors (Lipinski definition) is 5. The summed E-state index contributed by atoms with van der Waals surface area (Å²) in [5.74, 6) is 5.25. The van der Waals surface area contributed by atoms with Crippen LogP contribution in [-0.4, -0.2) is 33.3 Å². The normalized spacial score (nSPS) is 46.5. The summed E-state index contributed by atoms with van der Waals surface area (Å²) in [6.07, 6.45) is 12.3. The van der Waals surface area contributed by atoms with Crippen molar-refractivity contribution in [2.24, 2.45) is 46.8 Å². The molecule has 4 saturated carbocycles. The van der Waals surface area contributed by atoms with Gasteiger partial charge in [-0.05, 0) is 99.2 Å². The zero-order valence-electron chi connectivity index (χ0n) is 19.3. The van der Waals surface area contributed by atoms with Gasteiger partial charge in [-0.15, -0.1) is 0 Å². The molecule has 5 rings (SSSR count). The van der Waals surface area contributed by atoms with Gasteiger partial charge in [0.2, 0.25) is 0 Å². The van der Waals surface area contributed by atoms with Crippen LogP contribution in [0, 0.1) is 46.8 Å². The van der Waals surface area contributed by atoms with Crippen molar-refractivity contribution < 1.29 is 14.6 Å². The van der Waals surface area contributed by atoms with Gasteiger partial charge in [0.05, 0.1) is 18.0 Å². The van der Waals surface area contributed by atoms with E-state index >= 15 is 0 Å². The number of nitrogens with zero attached hydrogens (tertiary/aromatic N) is 2. The van der Waals surface area contributed by atoms with Crippen molar-refractivity contribution in [2.45, 2.75) is 77.7 Å². The fourth-order valence-electron chi connectivity index (χ4n) is 8.74. The third-order valence-electron chi connectivity index (χ3n) is 9.88. The maximum atomic E-state index is 13.3. The van der Waals surface area contributed by atoms with E-state index in [1.165, 1.54) is 25.7 Å². The van der Waals surface area contributed by atoms with E-state index in [0.717, 1.165) is 43.4 Å². The maximum Gasteiger partial charge on any atom is 0.173 e. The van der Waals surface area contributed by atoms with Gasteiger partial charge in [0, 0.05) is 12.0 Å². The molecule has 5 heteroatoms. The Morgan fingerprint density at radius 3 is 2.71 bits per heavy atom. The number of hydrogen-bond donors (Lipinski definition) is 1. The molecule has 5 nitrogen and oxygen atoms in total. The van der Waals surface area contributed by atoms with Crippen LogP contribution in [0.1, 0.15) is 72.1 Å². The van der Waals surface area contributed by atoms with E-state index in [1.807, 2.05) is 6.92 Å². The SMILES string of the molecule is C[C@@H]1C[C@H](C(=O)COc2ccnnc2)[C@@]2(C)CC[C@H]3[C@@H](CC[C@@H]4C[C@](C)(O)CC[C@@H]43)[C@H]12. The second kappa shape index (κ2) is 7.83. The molecule has 9 atom stereocenters. The maximum absolute atomic E-state index is 13.3. The molecule has 4 fully saturated rings. The molecule has 0 spiro atoms. The summed E-state index contributed by atoms with van der Waals surface area (Å²) < 4.78 is 5.76. The van der Waals surface area contributed by atoms with Crippen LogP contribution in [0.25, 0.3) is 0 Å². The van der Waals surface area contributed by atoms with Gasteiger partial charge in [-0.25, -0.2) is 0 Å². The molecule has 1 N–H and O–H groups in total. The molecule has 0 bridgehead atoms. The zero-order valence-corrected chi connectivity index (χ0v) is 19.3. The van der Waals surface area contributed by atoms with Crippen molar-refractivity contribution in [3.63, 3.8) is 0 Å². The number of fused-ring (bicyclic) bond motifs is 5. The summed E-state index contributed by atoms with van der Waals surface area (Å²) in [5, 5.41) is 18.2. The molecule has 31 heavy (non-hydrogen) atoms. The lowest BCUT2D eigenvalue weighted by atomic mass is 9.48. The molecule has 0 radical (unpaired) electrons. The van der Waals surface area contributed by atoms with Crippen molar-refractivity contribution in [3.05, 3.63) is 18.5 Å². The van der Waals surface area contributed by atoms with Crippen molar-refractivity contribution in [3.8, 4) is 5.75 Å². The first-order chi connectivity index (χ1) is 14.8. The molecule has 0 unspecified atom stereocenters. The predicted octanol–water partition coefficient (Wildman–Crippen LogP) is 4.69. The van der Waals surface area contributed by atoms with Crippen LogP contribution in [0.15, 0.2) is 18.5 Å². The Balaban J connectivity index is 1.30. The second-order valence-electron chi connectivity index (χ2n) is 11.7. The molecule has 1 aromatic heterocycles. The van der Waals surface area contributed by atoms with E-state index in [4.69, 9.17) is 4.74 Å². The predicted molar refractivity (Wildman–Crippen MR) is 118 cm³/mol. The summed E-state index contributed by atoms with van der Waals surface area (Å²) in [6, 6.07) is 1.76. The molecule has 170 valence electrons. The van der Waals surface area contributed by atoms with Gasteiger partial charge in [0.25, 0.3) is 0 Å². The lowest BCUT2D eigenvalue weighted by molar-refractivity contribution is -0.134. The first-order valence-corrected chi connectivity index (χ1v) is 12.4. The molecule has 0 amide bonds. The third-order valence-corrected chi connectivity index (χ3v) is 9.88. The Morgan fingerprint density at radius 1 is 1.13 bits per heavy atom. The van der Waals surface area contributed by atoms with E-state index in [1.54, 1.807) is 18.5 Å². The molecule has 0 saturated heterocycles. The number of carbonyl (C=O) groups excluding carboxylic acids is 1. The molecule has 0 aromatic carbocycles. The lowest BCUT2D eigenvalue weighted by Crippen LogP contribution is -2.52. The number of rotatable bonds is 4. The van der Waals surface area contributed by atoms with Crippen LogP contribution >= 0.6 is 0 Å². The Bertz CT molecular complexity index is 812. The first kappa shape index (κ1) is 21.4. The average molecular weight is 427 g/mol. The first-order valence-electron chi connectivity index (χ1n) is 12.4. The van der Waals surface area contributed by atoms with E-state index in [2.05, 4.69) is 24.0 Å². The van der Waals surface area contributed by atoms with Crippen LogP contribution in [0.4, 0.5) is 0 Å². The average Bonchev–Trinajstić information content (AvgIpc) is 3.02. The minimum absolute atomic E-state index is 0.102. The number of aliphatic hydroxyl groups is 1. The highest BCUT2D eigenvalue weighted by molar-refractivity contribution is 5.83. The monoisotopic (exact) mass is 426 g/mol. The van der Waals surface area contributed by atoms with E-state index in [9.17, 15) is 9.90 Å². The van der Waals surface area contributed by atoms with Crippen molar-refractivity contribution >= 4 is 5.78 Å². The summed E-state index contributed by atoms with van der Waals surface area (Å²) in [5.41, 5.74) is -0.357. The number of aromatic nitrogens is 2. The van der Waals surface area contributed by atoms with Gasteiger partial charge in [0.15, 0.2) is 5.78 Å².